The van der Waals surface area contributed by atoms with Crippen LogP contribution in [0.4, 0.5) is 5.69 Å². The molecule has 0 amide bonds. The molecule has 0 saturated heterocycles. The molecular weight excluding hydrogens is 182 g/mol. The average Bonchev–Trinajstić information content (AvgIpc) is 2.22. The second-order valence-corrected chi connectivity index (χ2v) is 4.02. The van der Waals surface area contributed by atoms with E-state index in [2.05, 4.69) is 50.0 Å². The number of nitrogens with one attached hydrogen (secondary N) is 1. The van der Waals surface area contributed by atoms with E-state index in [1.54, 1.807) is 0 Å². The topological polar surface area (TPSA) is 12.0 Å². The second-order valence-electron chi connectivity index (χ2n) is 4.02. The Morgan fingerprint density at radius 3 is 2.53 bits per heavy atom. The summed E-state index contributed by atoms with van der Waals surface area (Å²) in [5, 5.41) is 3.54. The van der Waals surface area contributed by atoms with Gasteiger partial charge in [-0.2, -0.15) is 0 Å². The smallest absolute Gasteiger partial charge is 0.0342 e. The highest BCUT2D eigenvalue weighted by Crippen LogP contribution is 2.14. The van der Waals surface area contributed by atoms with Crippen LogP contribution in [0.2, 0.25) is 0 Å². The van der Waals surface area contributed by atoms with Crippen molar-refractivity contribution in [1.29, 1.82) is 0 Å². The molecule has 1 rings (SSSR count). The Labute approximate surface area is 93.2 Å². The number of anilines is 1. The molecule has 0 radical (unpaired) electrons. The van der Waals surface area contributed by atoms with E-state index in [0.29, 0.717) is 6.04 Å². The summed E-state index contributed by atoms with van der Waals surface area (Å²) in [5.41, 5.74) is 2.51. The number of hydrogen-bond acceptors (Lipinski definition) is 1. The van der Waals surface area contributed by atoms with Gasteiger partial charge in [0.05, 0.1) is 0 Å². The predicted molar refractivity (Wildman–Crippen MR) is 68.3 cm³/mol. The molecule has 0 bridgehead atoms. The summed E-state index contributed by atoms with van der Waals surface area (Å²) >= 11 is 0. The van der Waals surface area contributed by atoms with E-state index >= 15 is 0 Å². The van der Waals surface area contributed by atoms with E-state index in [1.807, 2.05) is 6.08 Å². The molecule has 15 heavy (non-hydrogen) atoms. The first-order chi connectivity index (χ1) is 7.26. The van der Waals surface area contributed by atoms with E-state index in [4.69, 9.17) is 0 Å². The van der Waals surface area contributed by atoms with Crippen molar-refractivity contribution in [2.75, 3.05) is 5.32 Å². The van der Waals surface area contributed by atoms with E-state index < -0.39 is 0 Å². The molecule has 0 heterocycles. The molecule has 1 atom stereocenters. The normalized spacial score (nSPS) is 12.1. The Bertz CT molecular complexity index is 287. The van der Waals surface area contributed by atoms with Gasteiger partial charge < -0.3 is 5.32 Å². The van der Waals surface area contributed by atoms with Crippen LogP contribution in [-0.4, -0.2) is 6.04 Å². The maximum Gasteiger partial charge on any atom is 0.0342 e. The van der Waals surface area contributed by atoms with Crippen LogP contribution in [-0.2, 0) is 0 Å². The zero-order valence-corrected chi connectivity index (χ0v) is 9.79. The van der Waals surface area contributed by atoms with E-state index in [9.17, 15) is 0 Å². The van der Waals surface area contributed by atoms with Crippen LogP contribution in [0.1, 0.15) is 31.7 Å². The van der Waals surface area contributed by atoms with Crippen molar-refractivity contribution >= 4 is 5.69 Å². The van der Waals surface area contributed by atoms with Gasteiger partial charge in [0.2, 0.25) is 0 Å². The highest BCUT2D eigenvalue weighted by molar-refractivity contribution is 5.45. The van der Waals surface area contributed by atoms with Gasteiger partial charge in [0.25, 0.3) is 0 Å². The molecule has 0 aliphatic rings. The fourth-order valence-corrected chi connectivity index (χ4v) is 1.68. The van der Waals surface area contributed by atoms with Crippen molar-refractivity contribution in [2.24, 2.45) is 0 Å². The highest BCUT2D eigenvalue weighted by atomic mass is 14.9. The van der Waals surface area contributed by atoms with Crippen LogP contribution in [0.5, 0.6) is 0 Å². The predicted octanol–water partition coefficient (Wildman–Crippen LogP) is 4.15. The molecule has 0 spiro atoms. The summed E-state index contributed by atoms with van der Waals surface area (Å²) < 4.78 is 0. The summed E-state index contributed by atoms with van der Waals surface area (Å²) in [6.07, 6.45) is 5.42. The quantitative estimate of drug-likeness (QED) is 0.685. The summed E-state index contributed by atoms with van der Waals surface area (Å²) in [6, 6.07) is 9.08. The molecule has 0 aliphatic carbocycles. The molecule has 1 nitrogen and oxygen atoms in total. The Kier molecular flexibility index (Phi) is 4.96. The third-order valence-electron chi connectivity index (χ3n) is 2.51. The largest absolute Gasteiger partial charge is 0.382 e. The van der Waals surface area contributed by atoms with E-state index in [-0.39, 0.29) is 0 Å². The number of rotatable bonds is 6. The van der Waals surface area contributed by atoms with Crippen LogP contribution in [0.15, 0.2) is 36.9 Å². The fraction of sp³-hybridized carbons (Fsp3) is 0.429. The average molecular weight is 203 g/mol. The Morgan fingerprint density at radius 2 is 2.00 bits per heavy atom. The van der Waals surface area contributed by atoms with Crippen LogP contribution >= 0.6 is 0 Å². The van der Waals surface area contributed by atoms with Gasteiger partial charge in [-0.3, -0.25) is 0 Å². The van der Waals surface area contributed by atoms with Crippen molar-refractivity contribution in [1.82, 2.24) is 0 Å². The molecule has 1 N–H and O–H groups in total. The monoisotopic (exact) mass is 203 g/mol. The lowest BCUT2D eigenvalue weighted by molar-refractivity contribution is 0.648. The molecule has 1 aromatic rings. The molecule has 1 aromatic carbocycles. The van der Waals surface area contributed by atoms with Crippen molar-refractivity contribution in [3.63, 3.8) is 0 Å². The minimum Gasteiger partial charge on any atom is -0.382 e. The lowest BCUT2D eigenvalue weighted by Crippen LogP contribution is -2.18. The number of hydrogen-bond donors (Lipinski definition) is 1. The van der Waals surface area contributed by atoms with Crippen molar-refractivity contribution in [3.8, 4) is 0 Å². The van der Waals surface area contributed by atoms with Gasteiger partial charge in [-0.25, -0.2) is 0 Å². The molecule has 0 aliphatic heterocycles. The first-order valence-electron chi connectivity index (χ1n) is 5.70. The first kappa shape index (κ1) is 11.8. The Balaban J connectivity index is 2.56. The standard InChI is InChI=1S/C14H21N/c1-4-6-13(7-5-2)15-14-10-8-12(3)9-11-14/h4,8-11,13,15H,1,5-7H2,2-3H3. The van der Waals surface area contributed by atoms with Gasteiger partial charge in [-0.05, 0) is 31.9 Å². The molecule has 1 unspecified atom stereocenters. The van der Waals surface area contributed by atoms with E-state index in [1.165, 1.54) is 24.1 Å². The van der Waals surface area contributed by atoms with Gasteiger partial charge in [0.1, 0.15) is 0 Å². The lowest BCUT2D eigenvalue weighted by atomic mass is 10.1. The molecular formula is C14H21N. The second kappa shape index (κ2) is 6.28. The number of benzene rings is 1. The van der Waals surface area contributed by atoms with Crippen molar-refractivity contribution < 1.29 is 0 Å². The highest BCUT2D eigenvalue weighted by Gasteiger charge is 2.04. The Morgan fingerprint density at radius 1 is 1.33 bits per heavy atom. The van der Waals surface area contributed by atoms with Crippen LogP contribution in [0, 0.1) is 6.92 Å². The molecule has 0 saturated carbocycles. The summed E-state index contributed by atoms with van der Waals surface area (Å²) in [4.78, 5) is 0. The minimum absolute atomic E-state index is 0.523. The Hall–Kier alpha value is -1.24. The van der Waals surface area contributed by atoms with Gasteiger partial charge in [0.15, 0.2) is 0 Å². The van der Waals surface area contributed by atoms with Crippen LogP contribution in [0.3, 0.4) is 0 Å². The van der Waals surface area contributed by atoms with Crippen molar-refractivity contribution in [2.45, 2.75) is 39.2 Å². The summed E-state index contributed by atoms with van der Waals surface area (Å²) in [5.74, 6) is 0. The van der Waals surface area contributed by atoms with Crippen LogP contribution in [0.25, 0.3) is 0 Å². The van der Waals surface area contributed by atoms with Gasteiger partial charge >= 0.3 is 0 Å². The fourth-order valence-electron chi connectivity index (χ4n) is 1.68. The van der Waals surface area contributed by atoms with Crippen LogP contribution < -0.4 is 5.32 Å². The SMILES string of the molecule is C=CCC(CCC)Nc1ccc(C)cc1. The molecule has 82 valence electrons. The summed E-state index contributed by atoms with van der Waals surface area (Å²) in [6.45, 7) is 8.12. The zero-order chi connectivity index (χ0) is 11.1. The minimum atomic E-state index is 0.523. The molecule has 1 heteroatoms. The molecule has 0 aromatic heterocycles. The van der Waals surface area contributed by atoms with Gasteiger partial charge in [-0.15, -0.1) is 6.58 Å². The molecule has 0 fully saturated rings. The third kappa shape index (κ3) is 4.20. The van der Waals surface area contributed by atoms with Crippen molar-refractivity contribution in [3.05, 3.63) is 42.5 Å². The summed E-state index contributed by atoms with van der Waals surface area (Å²) in [7, 11) is 0. The maximum atomic E-state index is 3.80. The van der Waals surface area contributed by atoms with Gasteiger partial charge in [-0.1, -0.05) is 37.1 Å². The lowest BCUT2D eigenvalue weighted by Gasteiger charge is -2.17. The number of aryl methyl sites for hydroxylation is 1. The van der Waals surface area contributed by atoms with Gasteiger partial charge in [0, 0.05) is 11.7 Å². The van der Waals surface area contributed by atoms with E-state index in [0.717, 1.165) is 6.42 Å². The zero-order valence-electron chi connectivity index (χ0n) is 9.79. The first-order valence-corrected chi connectivity index (χ1v) is 5.70. The maximum absolute atomic E-state index is 3.80. The third-order valence-corrected chi connectivity index (χ3v) is 2.51.